The van der Waals surface area contributed by atoms with Gasteiger partial charge >= 0.3 is 0 Å². The first-order valence-electron chi connectivity index (χ1n) is 11.6. The number of hydrogen-bond acceptors (Lipinski definition) is 1. The van der Waals surface area contributed by atoms with Crippen LogP contribution in [0.4, 0.5) is 0 Å². The van der Waals surface area contributed by atoms with E-state index in [0.717, 1.165) is 0 Å². The summed E-state index contributed by atoms with van der Waals surface area (Å²) in [4.78, 5) is 0. The van der Waals surface area contributed by atoms with E-state index in [9.17, 15) is 0 Å². The largest absolute Gasteiger partial charge is 0.344 e. The Morgan fingerprint density at radius 3 is 2.06 bits per heavy atom. The molecular formula is C31H20N2S. The van der Waals surface area contributed by atoms with Crippen molar-refractivity contribution in [2.45, 2.75) is 0 Å². The van der Waals surface area contributed by atoms with E-state index in [0.29, 0.717) is 0 Å². The Morgan fingerprint density at radius 1 is 0.529 bits per heavy atom. The number of fused-ring (bicyclic) bond motifs is 11. The molecule has 0 saturated heterocycles. The van der Waals surface area contributed by atoms with Gasteiger partial charge in [-0.2, -0.15) is 0 Å². The molecule has 0 atom stereocenters. The minimum Gasteiger partial charge on any atom is -0.344 e. The molecule has 0 N–H and O–H groups in total. The molecule has 3 aromatic heterocycles. The van der Waals surface area contributed by atoms with Crippen molar-refractivity contribution < 1.29 is 0 Å². The first kappa shape index (κ1) is 18.4. The second-order valence-electron chi connectivity index (χ2n) is 9.04. The quantitative estimate of drug-likeness (QED) is 0.235. The summed E-state index contributed by atoms with van der Waals surface area (Å²) in [5, 5.41) is 7.99. The highest BCUT2D eigenvalue weighted by Crippen LogP contribution is 2.45. The molecule has 0 aliphatic heterocycles. The fraction of sp³-hybridized carbons (Fsp3) is 0.0323. The fourth-order valence-electron chi connectivity index (χ4n) is 5.85. The van der Waals surface area contributed by atoms with Gasteiger partial charge in [-0.3, -0.25) is 0 Å². The molecule has 8 aromatic rings. The molecule has 0 aliphatic carbocycles. The molecule has 0 bridgehead atoms. The third kappa shape index (κ3) is 2.20. The van der Waals surface area contributed by atoms with Crippen molar-refractivity contribution in [2.24, 2.45) is 7.05 Å². The molecule has 5 aromatic carbocycles. The van der Waals surface area contributed by atoms with E-state index in [-0.39, 0.29) is 0 Å². The molecule has 0 radical (unpaired) electrons. The van der Waals surface area contributed by atoms with Crippen LogP contribution in [0.3, 0.4) is 0 Å². The molecule has 0 aliphatic rings. The minimum absolute atomic E-state index is 1.20. The number of aryl methyl sites for hydroxylation is 1. The molecule has 2 nitrogen and oxygen atoms in total. The predicted molar refractivity (Wildman–Crippen MR) is 148 cm³/mol. The van der Waals surface area contributed by atoms with Gasteiger partial charge in [0.05, 0.1) is 22.1 Å². The van der Waals surface area contributed by atoms with E-state index in [4.69, 9.17) is 0 Å². The lowest BCUT2D eigenvalue weighted by atomic mass is 10.1. The summed E-state index contributed by atoms with van der Waals surface area (Å²) in [5.74, 6) is 0. The Morgan fingerprint density at radius 2 is 1.21 bits per heavy atom. The average Bonchev–Trinajstić information content (AvgIpc) is 3.52. The molecule has 0 saturated carbocycles. The van der Waals surface area contributed by atoms with E-state index < -0.39 is 0 Å². The van der Waals surface area contributed by atoms with Crippen LogP contribution in [0.5, 0.6) is 0 Å². The maximum absolute atomic E-state index is 2.46. The van der Waals surface area contributed by atoms with E-state index in [1.807, 2.05) is 11.3 Å². The number of nitrogens with zero attached hydrogens (tertiary/aromatic N) is 2. The minimum atomic E-state index is 1.20. The smallest absolute Gasteiger partial charge is 0.0641 e. The van der Waals surface area contributed by atoms with Gasteiger partial charge in [0.25, 0.3) is 0 Å². The highest BCUT2D eigenvalue weighted by atomic mass is 32.1. The van der Waals surface area contributed by atoms with E-state index in [1.54, 1.807) is 0 Å². The van der Waals surface area contributed by atoms with Crippen molar-refractivity contribution in [3.8, 4) is 5.69 Å². The van der Waals surface area contributed by atoms with Gasteiger partial charge in [0.1, 0.15) is 0 Å². The first-order chi connectivity index (χ1) is 16.8. The van der Waals surface area contributed by atoms with E-state index in [1.165, 1.54) is 69.5 Å². The zero-order valence-electron chi connectivity index (χ0n) is 18.6. The number of rotatable bonds is 1. The third-order valence-electron chi connectivity index (χ3n) is 7.33. The summed E-state index contributed by atoms with van der Waals surface area (Å²) in [6, 6.07) is 37.6. The second kappa shape index (κ2) is 6.49. The molecule has 0 amide bonds. The predicted octanol–water partition coefficient (Wildman–Crippen LogP) is 8.80. The highest BCUT2D eigenvalue weighted by Gasteiger charge is 2.21. The number of aromatic nitrogens is 2. The normalized spacial score (nSPS) is 12.3. The Bertz CT molecular complexity index is 2070. The number of para-hydroxylation sites is 2. The van der Waals surface area contributed by atoms with Gasteiger partial charge in [0.2, 0.25) is 0 Å². The van der Waals surface area contributed by atoms with Crippen LogP contribution in [0.2, 0.25) is 0 Å². The van der Waals surface area contributed by atoms with Gasteiger partial charge in [0.15, 0.2) is 0 Å². The van der Waals surface area contributed by atoms with Crippen molar-refractivity contribution in [1.29, 1.82) is 0 Å². The number of hydrogen-bond donors (Lipinski definition) is 0. The molecule has 160 valence electrons. The van der Waals surface area contributed by atoms with Crippen LogP contribution in [0.15, 0.2) is 103 Å². The fourth-order valence-corrected chi connectivity index (χ4v) is 7.10. The van der Waals surface area contributed by atoms with Crippen LogP contribution in [-0.4, -0.2) is 9.13 Å². The van der Waals surface area contributed by atoms with Crippen molar-refractivity contribution in [2.75, 3.05) is 0 Å². The molecule has 0 unspecified atom stereocenters. The zero-order chi connectivity index (χ0) is 22.4. The van der Waals surface area contributed by atoms with Gasteiger partial charge in [-0.1, -0.05) is 66.7 Å². The molecular weight excluding hydrogens is 432 g/mol. The van der Waals surface area contributed by atoms with Gasteiger partial charge < -0.3 is 9.13 Å². The van der Waals surface area contributed by atoms with Crippen molar-refractivity contribution in [1.82, 2.24) is 9.13 Å². The number of thiophene rings is 1. The molecule has 8 rings (SSSR count). The van der Waals surface area contributed by atoms with Crippen LogP contribution in [-0.2, 0) is 7.05 Å². The zero-order valence-corrected chi connectivity index (χ0v) is 19.4. The van der Waals surface area contributed by atoms with Crippen molar-refractivity contribution >= 4 is 75.1 Å². The summed E-state index contributed by atoms with van der Waals surface area (Å²) in [7, 11) is 2.20. The Labute approximate surface area is 199 Å². The summed E-state index contributed by atoms with van der Waals surface area (Å²) >= 11 is 1.91. The Hall–Kier alpha value is -4.08. The van der Waals surface area contributed by atoms with Gasteiger partial charge in [-0.15, -0.1) is 11.3 Å². The summed E-state index contributed by atoms with van der Waals surface area (Å²) in [6.07, 6.45) is 0. The van der Waals surface area contributed by atoms with Crippen molar-refractivity contribution in [3.63, 3.8) is 0 Å². The summed E-state index contributed by atoms with van der Waals surface area (Å²) < 4.78 is 7.54. The van der Waals surface area contributed by atoms with Crippen LogP contribution in [0.1, 0.15) is 0 Å². The molecule has 0 spiro atoms. The molecule has 34 heavy (non-hydrogen) atoms. The summed E-state index contributed by atoms with van der Waals surface area (Å²) in [5.41, 5.74) is 6.29. The number of benzene rings is 5. The maximum Gasteiger partial charge on any atom is 0.0641 e. The molecule has 3 heterocycles. The van der Waals surface area contributed by atoms with Crippen LogP contribution in [0, 0.1) is 0 Å². The van der Waals surface area contributed by atoms with Crippen LogP contribution in [0.25, 0.3) is 69.5 Å². The van der Waals surface area contributed by atoms with Crippen LogP contribution >= 0.6 is 11.3 Å². The van der Waals surface area contributed by atoms with Crippen molar-refractivity contribution in [3.05, 3.63) is 103 Å². The highest BCUT2D eigenvalue weighted by molar-refractivity contribution is 7.26. The van der Waals surface area contributed by atoms with Gasteiger partial charge in [-0.25, -0.2) is 0 Å². The molecule has 0 fully saturated rings. The van der Waals surface area contributed by atoms with Crippen LogP contribution < -0.4 is 0 Å². The van der Waals surface area contributed by atoms with E-state index >= 15 is 0 Å². The van der Waals surface area contributed by atoms with E-state index in [2.05, 4.69) is 119 Å². The van der Waals surface area contributed by atoms with Gasteiger partial charge in [0, 0.05) is 54.5 Å². The summed E-state index contributed by atoms with van der Waals surface area (Å²) in [6.45, 7) is 0. The third-order valence-corrected chi connectivity index (χ3v) is 8.53. The average molecular weight is 453 g/mol. The topological polar surface area (TPSA) is 9.86 Å². The monoisotopic (exact) mass is 452 g/mol. The maximum atomic E-state index is 2.46. The lowest BCUT2D eigenvalue weighted by Gasteiger charge is -2.09. The molecule has 3 heteroatoms. The van der Waals surface area contributed by atoms with Gasteiger partial charge in [-0.05, 0) is 36.4 Å². The Balaban J connectivity index is 1.71. The Kier molecular flexibility index (Phi) is 3.51. The SMILES string of the molecule is Cn1c2ccc3c4ccccc4sc3c2c2c1ccc1c3ccccc3n(-c3ccccc3)c12. The lowest BCUT2D eigenvalue weighted by Crippen LogP contribution is -1.93. The lowest BCUT2D eigenvalue weighted by molar-refractivity contribution is 1.01. The first-order valence-corrected chi connectivity index (χ1v) is 12.4. The second-order valence-corrected chi connectivity index (χ2v) is 10.1. The standard InChI is InChI=1S/C31H20N2S/c1-32-25-17-15-22-20-11-5-7-13-24(20)33(19-9-3-2-4-10-19)30(22)28(25)29-26(32)18-16-23-21-12-6-8-14-27(21)34-31(23)29/h2-18H,1H3.